The third-order valence-corrected chi connectivity index (χ3v) is 4.56. The van der Waals surface area contributed by atoms with E-state index in [9.17, 15) is 4.79 Å². The molecular weight excluding hydrogens is 340 g/mol. The Kier molecular flexibility index (Phi) is 6.24. The van der Waals surface area contributed by atoms with Crippen LogP contribution >= 0.6 is 0 Å². The maximum atomic E-state index is 12.1. The highest BCUT2D eigenvalue weighted by atomic mass is 16.2. The van der Waals surface area contributed by atoms with E-state index >= 15 is 0 Å². The molecule has 3 rings (SSSR count). The first-order valence-electron chi connectivity index (χ1n) is 9.59. The van der Waals surface area contributed by atoms with Crippen molar-refractivity contribution in [1.82, 2.24) is 25.5 Å². The second-order valence-corrected chi connectivity index (χ2v) is 6.83. The summed E-state index contributed by atoms with van der Waals surface area (Å²) in [6, 6.07) is 0. The molecule has 2 aromatic rings. The predicted octanol–water partition coefficient (Wildman–Crippen LogP) is 2.98. The third kappa shape index (κ3) is 4.95. The van der Waals surface area contributed by atoms with E-state index in [1.165, 1.54) is 0 Å². The van der Waals surface area contributed by atoms with Gasteiger partial charge in [-0.3, -0.25) is 9.89 Å². The lowest BCUT2D eigenvalue weighted by molar-refractivity contribution is -0.117. The van der Waals surface area contributed by atoms with E-state index in [0.717, 1.165) is 55.7 Å². The number of likely N-dealkylation sites (N-methyl/N-ethyl adjacent to an activating group) is 1. The maximum absolute atomic E-state index is 12.1. The van der Waals surface area contributed by atoms with E-state index in [-0.39, 0.29) is 11.8 Å². The van der Waals surface area contributed by atoms with Crippen molar-refractivity contribution in [2.45, 2.75) is 39.5 Å². The number of imidazole rings is 1. The Labute approximate surface area is 159 Å². The predicted molar refractivity (Wildman–Crippen MR) is 107 cm³/mol. The van der Waals surface area contributed by atoms with Gasteiger partial charge in [0.05, 0.1) is 17.6 Å². The van der Waals surface area contributed by atoms with Crippen LogP contribution < -0.4 is 10.6 Å². The van der Waals surface area contributed by atoms with Gasteiger partial charge in [-0.25, -0.2) is 4.98 Å². The molecule has 0 radical (unpaired) electrons. The quantitative estimate of drug-likeness (QED) is 0.485. The summed E-state index contributed by atoms with van der Waals surface area (Å²) in [5.74, 6) is 0.902. The lowest BCUT2D eigenvalue weighted by Gasteiger charge is -2.03. The summed E-state index contributed by atoms with van der Waals surface area (Å²) >= 11 is 0. The van der Waals surface area contributed by atoms with Gasteiger partial charge >= 0.3 is 0 Å². The molecule has 1 aliphatic carbocycles. The number of nitrogens with zero attached hydrogens (tertiary/aromatic N) is 2. The number of hydrogen-bond donors (Lipinski definition) is 4. The molecule has 0 spiro atoms. The van der Waals surface area contributed by atoms with Crippen LogP contribution in [0.3, 0.4) is 0 Å². The number of aryl methyl sites for hydroxylation is 1. The third-order valence-electron chi connectivity index (χ3n) is 4.56. The smallest absolute Gasteiger partial charge is 0.227 e. The van der Waals surface area contributed by atoms with Crippen molar-refractivity contribution in [2.24, 2.45) is 5.92 Å². The number of allylic oxidation sites excluding steroid dienone is 1. The van der Waals surface area contributed by atoms with Gasteiger partial charge in [0.2, 0.25) is 5.91 Å². The Bertz CT molecular complexity index is 827. The van der Waals surface area contributed by atoms with E-state index in [4.69, 9.17) is 4.98 Å². The fourth-order valence-corrected chi connectivity index (χ4v) is 2.85. The zero-order chi connectivity index (χ0) is 19.2. The second-order valence-electron chi connectivity index (χ2n) is 6.83. The summed E-state index contributed by atoms with van der Waals surface area (Å²) in [4.78, 5) is 20.1. The lowest BCUT2D eigenvalue weighted by Crippen LogP contribution is -2.14. The summed E-state index contributed by atoms with van der Waals surface area (Å²) in [6.45, 7) is 9.92. The molecule has 1 fully saturated rings. The fourth-order valence-electron chi connectivity index (χ4n) is 2.85. The Morgan fingerprint density at radius 3 is 2.93 bits per heavy atom. The molecule has 0 unspecified atom stereocenters. The molecule has 0 saturated heterocycles. The minimum atomic E-state index is 0.0577. The van der Waals surface area contributed by atoms with Crippen LogP contribution in [0.1, 0.15) is 38.1 Å². The van der Waals surface area contributed by atoms with Crippen LogP contribution in [0.5, 0.6) is 0 Å². The van der Waals surface area contributed by atoms with Crippen LogP contribution in [0.4, 0.5) is 5.69 Å². The van der Waals surface area contributed by atoms with Gasteiger partial charge in [0.25, 0.3) is 0 Å². The number of anilines is 1. The Hall–Kier alpha value is -2.67. The van der Waals surface area contributed by atoms with Gasteiger partial charge in [0.1, 0.15) is 5.69 Å². The molecule has 1 saturated carbocycles. The molecule has 0 aromatic carbocycles. The van der Waals surface area contributed by atoms with E-state index in [1.54, 1.807) is 6.20 Å². The van der Waals surface area contributed by atoms with Crippen LogP contribution in [-0.4, -0.2) is 39.2 Å². The first kappa shape index (κ1) is 19.1. The van der Waals surface area contributed by atoms with Crippen LogP contribution in [0.25, 0.3) is 11.5 Å². The maximum Gasteiger partial charge on any atom is 0.227 e. The molecule has 27 heavy (non-hydrogen) atoms. The first-order chi connectivity index (χ1) is 13.1. The van der Waals surface area contributed by atoms with Gasteiger partial charge in [-0.2, -0.15) is 5.10 Å². The van der Waals surface area contributed by atoms with Crippen molar-refractivity contribution in [3.63, 3.8) is 0 Å². The summed E-state index contributed by atoms with van der Waals surface area (Å²) in [5.41, 5.74) is 4.51. The van der Waals surface area contributed by atoms with Crippen molar-refractivity contribution in [3.8, 4) is 11.5 Å². The minimum Gasteiger partial charge on any atom is -0.340 e. The van der Waals surface area contributed by atoms with Crippen molar-refractivity contribution in [2.75, 3.05) is 18.4 Å². The van der Waals surface area contributed by atoms with Crippen molar-refractivity contribution < 1.29 is 4.79 Å². The molecule has 144 valence electrons. The summed E-state index contributed by atoms with van der Waals surface area (Å²) in [7, 11) is 0. The number of amides is 1. The van der Waals surface area contributed by atoms with Gasteiger partial charge in [-0.05, 0) is 31.4 Å². The summed E-state index contributed by atoms with van der Waals surface area (Å²) in [5, 5.41) is 13.2. The van der Waals surface area contributed by atoms with Crippen molar-refractivity contribution in [3.05, 3.63) is 41.9 Å². The molecule has 0 bridgehead atoms. The van der Waals surface area contributed by atoms with Crippen LogP contribution in [0.2, 0.25) is 0 Å². The number of nitrogens with one attached hydrogen (secondary N) is 4. The standard InChI is InChI=1S/C20H28N6O/c1-4-15-16(8-6-7-13(3)11-21-5-2)24-19(23-15)18-17(12-22-26-18)25-20(27)14-9-10-14/h6-7,12,14,21H,3-5,8-11H2,1-2H3,(H,22,26)(H,23,24)(H,25,27). The molecule has 2 heterocycles. The average Bonchev–Trinajstić information content (AvgIpc) is 3.29. The van der Waals surface area contributed by atoms with Crippen LogP contribution in [0, 0.1) is 5.92 Å². The monoisotopic (exact) mass is 368 g/mol. The number of carbonyl (C=O) groups excluding carboxylic acids is 1. The Morgan fingerprint density at radius 2 is 2.22 bits per heavy atom. The largest absolute Gasteiger partial charge is 0.340 e. The van der Waals surface area contributed by atoms with E-state index < -0.39 is 0 Å². The Balaban J connectivity index is 1.71. The highest BCUT2D eigenvalue weighted by Crippen LogP contribution is 2.32. The van der Waals surface area contributed by atoms with E-state index in [0.29, 0.717) is 17.2 Å². The molecule has 1 aliphatic rings. The van der Waals surface area contributed by atoms with Gasteiger partial charge in [-0.1, -0.05) is 32.6 Å². The lowest BCUT2D eigenvalue weighted by atomic mass is 10.2. The Morgan fingerprint density at radius 1 is 1.41 bits per heavy atom. The average molecular weight is 368 g/mol. The minimum absolute atomic E-state index is 0.0577. The van der Waals surface area contributed by atoms with Gasteiger partial charge < -0.3 is 15.6 Å². The SMILES string of the molecule is C=C(C=CCc1[nH]c(-c2[nH]ncc2NC(=O)C2CC2)nc1CC)CNCC. The number of rotatable bonds is 10. The van der Waals surface area contributed by atoms with E-state index in [2.05, 4.69) is 52.3 Å². The fraction of sp³-hybridized carbons (Fsp3) is 0.450. The molecule has 0 atom stereocenters. The number of hydrogen-bond acceptors (Lipinski definition) is 4. The van der Waals surface area contributed by atoms with Gasteiger partial charge in [-0.15, -0.1) is 0 Å². The molecule has 2 aromatic heterocycles. The van der Waals surface area contributed by atoms with E-state index in [1.807, 2.05) is 6.08 Å². The number of aromatic nitrogens is 4. The number of H-pyrrole nitrogens is 2. The molecular formula is C20H28N6O. The molecule has 1 amide bonds. The molecule has 4 N–H and O–H groups in total. The normalized spacial score (nSPS) is 14.0. The zero-order valence-electron chi connectivity index (χ0n) is 16.1. The van der Waals surface area contributed by atoms with Crippen LogP contribution in [0.15, 0.2) is 30.5 Å². The van der Waals surface area contributed by atoms with Crippen molar-refractivity contribution in [1.29, 1.82) is 0 Å². The molecule has 7 heteroatoms. The highest BCUT2D eigenvalue weighted by Gasteiger charge is 2.30. The second kappa shape index (κ2) is 8.81. The number of carbonyl (C=O) groups is 1. The first-order valence-corrected chi connectivity index (χ1v) is 9.59. The van der Waals surface area contributed by atoms with Gasteiger partial charge in [0, 0.05) is 24.6 Å². The summed E-state index contributed by atoms with van der Waals surface area (Å²) < 4.78 is 0. The molecule has 0 aliphatic heterocycles. The topological polar surface area (TPSA) is 98.5 Å². The zero-order valence-corrected chi connectivity index (χ0v) is 16.1. The highest BCUT2D eigenvalue weighted by molar-refractivity contribution is 5.96. The number of aromatic amines is 2. The van der Waals surface area contributed by atoms with Crippen molar-refractivity contribution >= 4 is 11.6 Å². The van der Waals surface area contributed by atoms with Gasteiger partial charge in [0.15, 0.2) is 5.82 Å². The summed E-state index contributed by atoms with van der Waals surface area (Å²) in [6.07, 6.45) is 9.28. The molecule has 7 nitrogen and oxygen atoms in total. The van der Waals surface area contributed by atoms with Crippen LogP contribution in [-0.2, 0) is 17.6 Å².